The van der Waals surface area contributed by atoms with Crippen LogP contribution in [-0.2, 0) is 7.05 Å². The van der Waals surface area contributed by atoms with Crippen molar-refractivity contribution < 1.29 is 0 Å². The minimum absolute atomic E-state index is 0.0308. The van der Waals surface area contributed by atoms with E-state index in [1.165, 1.54) is 0 Å². The van der Waals surface area contributed by atoms with Crippen molar-refractivity contribution in [2.24, 2.45) is 7.05 Å². The number of rotatable bonds is 4. The fourth-order valence-corrected chi connectivity index (χ4v) is 5.63. The molecule has 0 unspecified atom stereocenters. The van der Waals surface area contributed by atoms with E-state index >= 15 is 0 Å². The topological polar surface area (TPSA) is 44.8 Å². The Labute approximate surface area is 188 Å². The lowest BCUT2D eigenvalue weighted by atomic mass is 10.2. The van der Waals surface area contributed by atoms with Gasteiger partial charge in [0, 0.05) is 40.3 Å². The van der Waals surface area contributed by atoms with Crippen LogP contribution >= 0.6 is 22.7 Å². The summed E-state index contributed by atoms with van der Waals surface area (Å²) in [6.07, 6.45) is 0. The maximum atomic E-state index is 13.5. The predicted octanol–water partition coefficient (Wildman–Crippen LogP) is 5.74. The smallest absolute Gasteiger partial charge is 0.295 e. The summed E-state index contributed by atoms with van der Waals surface area (Å²) in [6, 6.07) is 14.0. The zero-order valence-electron chi connectivity index (χ0n) is 17.8. The molecule has 0 spiro atoms. The molecule has 0 amide bonds. The lowest BCUT2D eigenvalue weighted by Crippen LogP contribution is -2.21. The highest BCUT2D eigenvalue weighted by molar-refractivity contribution is 7.14. The van der Waals surface area contributed by atoms with Crippen LogP contribution in [0.1, 0.15) is 17.1 Å². The number of para-hydroxylation sites is 1. The number of thiophene rings is 1. The SMILES string of the molecule is Cc1cc(-c2csc(-c3ccsc3)n2)c(C)n1-c1c(C)n(C)n(-c2ccccc2)c1=O. The third-order valence-electron chi connectivity index (χ3n) is 5.73. The van der Waals surface area contributed by atoms with E-state index in [2.05, 4.69) is 39.8 Å². The second-order valence-electron chi connectivity index (χ2n) is 7.58. The van der Waals surface area contributed by atoms with Gasteiger partial charge in [-0.25, -0.2) is 9.67 Å². The summed E-state index contributed by atoms with van der Waals surface area (Å²) in [5, 5.41) is 7.30. The van der Waals surface area contributed by atoms with Crippen LogP contribution in [0.2, 0.25) is 0 Å². The van der Waals surface area contributed by atoms with Crippen LogP contribution in [0.25, 0.3) is 33.2 Å². The van der Waals surface area contributed by atoms with Gasteiger partial charge >= 0.3 is 0 Å². The van der Waals surface area contributed by atoms with Gasteiger partial charge in [-0.15, -0.1) is 11.3 Å². The Morgan fingerprint density at radius 3 is 2.45 bits per heavy atom. The molecule has 4 aromatic heterocycles. The monoisotopic (exact) mass is 446 g/mol. The molecule has 0 aliphatic heterocycles. The standard InChI is InChI=1S/C24H22N4OS2/c1-15-12-20(21-14-31-23(25-21)18-10-11-30-13-18)16(2)27(15)22-17(3)26(4)28(24(22)29)19-8-6-5-7-9-19/h5-14H,1-4H3. The molecule has 0 radical (unpaired) electrons. The van der Waals surface area contributed by atoms with E-state index in [9.17, 15) is 4.79 Å². The van der Waals surface area contributed by atoms with Crippen molar-refractivity contribution in [2.75, 3.05) is 0 Å². The number of thiazole rings is 1. The molecular weight excluding hydrogens is 424 g/mol. The van der Waals surface area contributed by atoms with E-state index < -0.39 is 0 Å². The van der Waals surface area contributed by atoms with E-state index in [1.807, 2.05) is 55.9 Å². The Morgan fingerprint density at radius 1 is 0.968 bits per heavy atom. The molecule has 0 fully saturated rings. The van der Waals surface area contributed by atoms with Crippen molar-refractivity contribution in [3.05, 3.63) is 86.0 Å². The minimum atomic E-state index is -0.0308. The van der Waals surface area contributed by atoms with Gasteiger partial charge in [0.05, 0.1) is 17.1 Å². The number of hydrogen-bond donors (Lipinski definition) is 0. The Morgan fingerprint density at radius 2 is 1.74 bits per heavy atom. The molecule has 0 saturated heterocycles. The summed E-state index contributed by atoms with van der Waals surface area (Å²) in [7, 11) is 1.93. The molecule has 5 nitrogen and oxygen atoms in total. The second kappa shape index (κ2) is 7.51. The van der Waals surface area contributed by atoms with Gasteiger partial charge in [-0.1, -0.05) is 18.2 Å². The second-order valence-corrected chi connectivity index (χ2v) is 9.22. The van der Waals surface area contributed by atoms with Crippen molar-refractivity contribution in [3.8, 4) is 33.2 Å². The van der Waals surface area contributed by atoms with Crippen LogP contribution in [0.5, 0.6) is 0 Å². The number of benzene rings is 1. The summed E-state index contributed by atoms with van der Waals surface area (Å²) in [5.74, 6) is 0. The molecule has 7 heteroatoms. The van der Waals surface area contributed by atoms with Crippen molar-refractivity contribution in [1.29, 1.82) is 0 Å². The van der Waals surface area contributed by atoms with Gasteiger partial charge in [0.25, 0.3) is 5.56 Å². The first-order valence-corrected chi connectivity index (χ1v) is 11.8. The van der Waals surface area contributed by atoms with Crippen molar-refractivity contribution in [2.45, 2.75) is 20.8 Å². The molecule has 156 valence electrons. The lowest BCUT2D eigenvalue weighted by molar-refractivity contribution is 0.630. The molecule has 5 rings (SSSR count). The largest absolute Gasteiger partial charge is 0.311 e. The van der Waals surface area contributed by atoms with Crippen LogP contribution in [0.3, 0.4) is 0 Å². The summed E-state index contributed by atoms with van der Waals surface area (Å²) in [4.78, 5) is 18.4. The van der Waals surface area contributed by atoms with Crippen LogP contribution in [-0.4, -0.2) is 18.9 Å². The van der Waals surface area contributed by atoms with Gasteiger partial charge in [-0.3, -0.25) is 9.48 Å². The molecule has 5 aromatic rings. The van der Waals surface area contributed by atoms with Gasteiger partial charge in [-0.05, 0) is 50.4 Å². The van der Waals surface area contributed by atoms with Crippen LogP contribution in [0.15, 0.2) is 63.4 Å². The molecule has 31 heavy (non-hydrogen) atoms. The normalized spacial score (nSPS) is 11.4. The summed E-state index contributed by atoms with van der Waals surface area (Å²) < 4.78 is 5.71. The third kappa shape index (κ3) is 3.12. The van der Waals surface area contributed by atoms with Crippen molar-refractivity contribution in [1.82, 2.24) is 18.9 Å². The van der Waals surface area contributed by atoms with Gasteiger partial charge in [0.1, 0.15) is 10.7 Å². The van der Waals surface area contributed by atoms with Crippen LogP contribution < -0.4 is 5.56 Å². The highest BCUT2D eigenvalue weighted by Gasteiger charge is 2.22. The van der Waals surface area contributed by atoms with Crippen molar-refractivity contribution >= 4 is 22.7 Å². The zero-order valence-corrected chi connectivity index (χ0v) is 19.4. The minimum Gasteiger partial charge on any atom is -0.311 e. The molecule has 0 saturated carbocycles. The van der Waals surface area contributed by atoms with E-state index in [-0.39, 0.29) is 5.56 Å². The van der Waals surface area contributed by atoms with Gasteiger partial charge in [0.2, 0.25) is 0 Å². The third-order valence-corrected chi connectivity index (χ3v) is 7.30. The maximum Gasteiger partial charge on any atom is 0.295 e. The molecule has 0 aliphatic rings. The molecule has 0 bridgehead atoms. The molecule has 0 atom stereocenters. The number of nitrogens with zero attached hydrogens (tertiary/aromatic N) is 4. The van der Waals surface area contributed by atoms with E-state index in [1.54, 1.807) is 27.4 Å². The van der Waals surface area contributed by atoms with Gasteiger partial charge in [0.15, 0.2) is 0 Å². The molecule has 4 heterocycles. The average molecular weight is 447 g/mol. The fraction of sp³-hybridized carbons (Fsp3) is 0.167. The van der Waals surface area contributed by atoms with Crippen LogP contribution in [0.4, 0.5) is 0 Å². The highest BCUT2D eigenvalue weighted by Crippen LogP contribution is 2.34. The molecule has 1 aromatic carbocycles. The predicted molar refractivity (Wildman–Crippen MR) is 129 cm³/mol. The average Bonchev–Trinajstić information content (AvgIpc) is 3.54. The quantitative estimate of drug-likeness (QED) is 0.353. The summed E-state index contributed by atoms with van der Waals surface area (Å²) in [6.45, 7) is 6.10. The van der Waals surface area contributed by atoms with Crippen LogP contribution in [0, 0.1) is 20.8 Å². The first-order valence-electron chi connectivity index (χ1n) is 9.99. The summed E-state index contributed by atoms with van der Waals surface area (Å²) in [5.41, 5.74) is 7.62. The highest BCUT2D eigenvalue weighted by atomic mass is 32.1. The first kappa shape index (κ1) is 19.8. The molecule has 0 N–H and O–H groups in total. The van der Waals surface area contributed by atoms with E-state index in [0.29, 0.717) is 5.69 Å². The Balaban J connectivity index is 1.66. The zero-order chi connectivity index (χ0) is 21.7. The maximum absolute atomic E-state index is 13.5. The van der Waals surface area contributed by atoms with Crippen molar-refractivity contribution in [3.63, 3.8) is 0 Å². The Hall–Kier alpha value is -3.16. The lowest BCUT2D eigenvalue weighted by Gasteiger charge is -2.08. The number of hydrogen-bond acceptors (Lipinski definition) is 4. The van der Waals surface area contributed by atoms with Gasteiger partial charge in [-0.2, -0.15) is 11.3 Å². The Bertz CT molecular complexity index is 1430. The number of aromatic nitrogens is 4. The Kier molecular flexibility index (Phi) is 4.79. The summed E-state index contributed by atoms with van der Waals surface area (Å²) >= 11 is 3.32. The molecule has 0 aliphatic carbocycles. The first-order chi connectivity index (χ1) is 15.0. The number of aryl methyl sites for hydroxylation is 1. The fourth-order valence-electron chi connectivity index (χ4n) is 4.09. The van der Waals surface area contributed by atoms with Gasteiger partial charge < -0.3 is 4.57 Å². The molecular formula is C24H22N4OS2. The van der Waals surface area contributed by atoms with E-state index in [0.717, 1.165) is 44.6 Å². The van der Waals surface area contributed by atoms with E-state index in [4.69, 9.17) is 4.98 Å².